The first-order valence-corrected chi connectivity index (χ1v) is 4.25. The molecule has 1 N–H and O–H groups in total. The molecule has 1 aromatic carbocycles. The summed E-state index contributed by atoms with van der Waals surface area (Å²) in [6.45, 7) is 1.16. The summed E-state index contributed by atoms with van der Waals surface area (Å²) in [6, 6.07) is 1.75. The molecule has 1 atom stereocenters. The second-order valence-electron chi connectivity index (χ2n) is 3.16. The zero-order valence-corrected chi connectivity index (χ0v) is 7.93. The number of benzene rings is 1. The van der Waals surface area contributed by atoms with Gasteiger partial charge in [0.15, 0.2) is 11.6 Å². The molecule has 0 saturated carbocycles. The number of alkyl halides is 1. The molecule has 0 bridgehead atoms. The van der Waals surface area contributed by atoms with Gasteiger partial charge in [0, 0.05) is 5.56 Å². The number of carboxylic acids is 1. The molecule has 1 rings (SSSR count). The summed E-state index contributed by atoms with van der Waals surface area (Å²) in [5, 5.41) is 8.43. The smallest absolute Gasteiger partial charge is 0.307 e. The monoisotopic (exact) mass is 218 g/mol. The van der Waals surface area contributed by atoms with Crippen molar-refractivity contribution in [1.82, 2.24) is 0 Å². The van der Waals surface area contributed by atoms with Crippen LogP contribution in [0.1, 0.15) is 24.2 Å². The Balaban J connectivity index is 3.18. The average molecular weight is 218 g/mol. The van der Waals surface area contributed by atoms with Crippen LogP contribution in [0.5, 0.6) is 0 Å². The molecule has 0 aromatic heterocycles. The highest BCUT2D eigenvalue weighted by molar-refractivity contribution is 5.70. The number of rotatable bonds is 3. The van der Waals surface area contributed by atoms with Gasteiger partial charge in [-0.05, 0) is 24.6 Å². The van der Waals surface area contributed by atoms with E-state index in [4.69, 9.17) is 5.11 Å². The van der Waals surface area contributed by atoms with E-state index in [-0.39, 0.29) is 11.1 Å². The first-order valence-electron chi connectivity index (χ1n) is 4.25. The van der Waals surface area contributed by atoms with Gasteiger partial charge in [-0.1, -0.05) is 0 Å². The van der Waals surface area contributed by atoms with Crippen molar-refractivity contribution < 1.29 is 23.1 Å². The maximum atomic E-state index is 13.0. The lowest BCUT2D eigenvalue weighted by atomic mass is 10.0. The van der Waals surface area contributed by atoms with Crippen molar-refractivity contribution in [2.45, 2.75) is 19.5 Å². The van der Waals surface area contributed by atoms with Crippen molar-refractivity contribution >= 4 is 5.97 Å². The quantitative estimate of drug-likeness (QED) is 0.846. The molecule has 82 valence electrons. The Morgan fingerprint density at radius 1 is 1.47 bits per heavy atom. The van der Waals surface area contributed by atoms with Gasteiger partial charge in [0.25, 0.3) is 0 Å². The lowest BCUT2D eigenvalue weighted by Gasteiger charge is -2.07. The third-order valence-corrected chi connectivity index (χ3v) is 1.93. The Labute approximate surface area is 84.3 Å². The predicted molar refractivity (Wildman–Crippen MR) is 47.2 cm³/mol. The van der Waals surface area contributed by atoms with Crippen molar-refractivity contribution in [3.63, 3.8) is 0 Å². The van der Waals surface area contributed by atoms with Crippen LogP contribution < -0.4 is 0 Å². The van der Waals surface area contributed by atoms with E-state index in [9.17, 15) is 18.0 Å². The third-order valence-electron chi connectivity index (χ3n) is 1.93. The minimum Gasteiger partial charge on any atom is -0.481 e. The van der Waals surface area contributed by atoms with E-state index in [1.807, 2.05) is 0 Å². The highest BCUT2D eigenvalue weighted by atomic mass is 19.2. The fraction of sp³-hybridized carbons (Fsp3) is 0.300. The maximum Gasteiger partial charge on any atom is 0.307 e. The minimum atomic E-state index is -1.47. The molecular formula is C10H9F3O2. The lowest BCUT2D eigenvalue weighted by molar-refractivity contribution is -0.136. The number of halogens is 3. The fourth-order valence-electron chi connectivity index (χ4n) is 1.19. The molecule has 0 aliphatic heterocycles. The molecule has 0 aliphatic rings. The van der Waals surface area contributed by atoms with Crippen LogP contribution in [0.2, 0.25) is 0 Å². The second-order valence-corrected chi connectivity index (χ2v) is 3.16. The van der Waals surface area contributed by atoms with E-state index in [1.165, 1.54) is 0 Å². The van der Waals surface area contributed by atoms with Gasteiger partial charge in [0.2, 0.25) is 0 Å². The normalized spacial score (nSPS) is 12.5. The molecule has 0 saturated heterocycles. The van der Waals surface area contributed by atoms with Crippen molar-refractivity contribution in [3.8, 4) is 0 Å². The molecule has 0 fully saturated rings. The summed E-state index contributed by atoms with van der Waals surface area (Å²) in [7, 11) is 0. The second kappa shape index (κ2) is 4.33. The first kappa shape index (κ1) is 11.6. The summed E-state index contributed by atoms with van der Waals surface area (Å²) >= 11 is 0. The molecule has 1 aromatic rings. The van der Waals surface area contributed by atoms with E-state index >= 15 is 0 Å². The van der Waals surface area contributed by atoms with Gasteiger partial charge in [-0.25, -0.2) is 13.2 Å². The van der Waals surface area contributed by atoms with Gasteiger partial charge >= 0.3 is 5.97 Å². The zero-order chi connectivity index (χ0) is 11.6. The molecule has 15 heavy (non-hydrogen) atoms. The summed E-state index contributed by atoms with van der Waals surface area (Å²) in [6.07, 6.45) is -2.13. The molecule has 0 amide bonds. The van der Waals surface area contributed by atoms with Crippen LogP contribution in [0.4, 0.5) is 13.2 Å². The SMILES string of the molecule is CC(F)c1cc(F)c(F)c(CC(=O)O)c1. The Morgan fingerprint density at radius 2 is 2.07 bits per heavy atom. The largest absolute Gasteiger partial charge is 0.481 e. The standard InChI is InChI=1S/C10H9F3O2/c1-5(11)6-2-7(4-9(14)15)10(13)8(12)3-6/h2-3,5H,4H2,1H3,(H,14,15). The number of hydrogen-bond acceptors (Lipinski definition) is 1. The molecule has 0 radical (unpaired) electrons. The van der Waals surface area contributed by atoms with Gasteiger partial charge in [0.1, 0.15) is 6.17 Å². The van der Waals surface area contributed by atoms with Crippen LogP contribution in [-0.2, 0) is 11.2 Å². The number of carbonyl (C=O) groups is 1. The number of hydrogen-bond donors (Lipinski definition) is 1. The molecule has 0 heterocycles. The molecular weight excluding hydrogens is 209 g/mol. The highest BCUT2D eigenvalue weighted by Crippen LogP contribution is 2.22. The van der Waals surface area contributed by atoms with Crippen LogP contribution in [0.3, 0.4) is 0 Å². The van der Waals surface area contributed by atoms with E-state index in [2.05, 4.69) is 0 Å². The Bertz CT molecular complexity index is 388. The van der Waals surface area contributed by atoms with Gasteiger partial charge in [-0.2, -0.15) is 0 Å². The van der Waals surface area contributed by atoms with Gasteiger partial charge in [0.05, 0.1) is 6.42 Å². The van der Waals surface area contributed by atoms with Crippen molar-refractivity contribution in [2.24, 2.45) is 0 Å². The predicted octanol–water partition coefficient (Wildman–Crippen LogP) is 2.62. The molecule has 0 aliphatic carbocycles. The number of carboxylic acid groups (broad SMARTS) is 1. The third kappa shape index (κ3) is 2.71. The highest BCUT2D eigenvalue weighted by Gasteiger charge is 2.15. The van der Waals surface area contributed by atoms with Crippen molar-refractivity contribution in [3.05, 3.63) is 34.9 Å². The topological polar surface area (TPSA) is 37.3 Å². The van der Waals surface area contributed by atoms with E-state index in [0.29, 0.717) is 0 Å². The average Bonchev–Trinajstić information content (AvgIpc) is 2.11. The Morgan fingerprint density at radius 3 is 2.53 bits per heavy atom. The van der Waals surface area contributed by atoms with Crippen molar-refractivity contribution in [2.75, 3.05) is 0 Å². The molecule has 5 heteroatoms. The molecule has 2 nitrogen and oxygen atoms in total. The van der Waals surface area contributed by atoms with Crippen LogP contribution >= 0.6 is 0 Å². The number of aliphatic carboxylic acids is 1. The summed E-state index contributed by atoms with van der Waals surface area (Å²) in [5.74, 6) is -3.76. The van der Waals surface area contributed by atoms with Crippen LogP contribution in [0.25, 0.3) is 0 Å². The minimum absolute atomic E-state index is 0.0647. The van der Waals surface area contributed by atoms with Crippen molar-refractivity contribution in [1.29, 1.82) is 0 Å². The molecule has 0 spiro atoms. The summed E-state index contributed by atoms with van der Waals surface area (Å²) in [4.78, 5) is 10.3. The Kier molecular flexibility index (Phi) is 3.34. The van der Waals surface area contributed by atoms with Crippen LogP contribution in [-0.4, -0.2) is 11.1 Å². The van der Waals surface area contributed by atoms with Crippen LogP contribution in [0.15, 0.2) is 12.1 Å². The Hall–Kier alpha value is -1.52. The summed E-state index contributed by atoms with van der Waals surface area (Å²) in [5.41, 5.74) is -0.410. The maximum absolute atomic E-state index is 13.0. The van der Waals surface area contributed by atoms with Crippen LogP contribution in [0, 0.1) is 11.6 Å². The van der Waals surface area contributed by atoms with E-state index in [1.54, 1.807) is 0 Å². The van der Waals surface area contributed by atoms with Gasteiger partial charge in [-0.3, -0.25) is 4.79 Å². The van der Waals surface area contributed by atoms with Gasteiger partial charge in [-0.15, -0.1) is 0 Å². The summed E-state index contributed by atoms with van der Waals surface area (Å²) < 4.78 is 38.8. The fourth-order valence-corrected chi connectivity index (χ4v) is 1.19. The van der Waals surface area contributed by atoms with Gasteiger partial charge < -0.3 is 5.11 Å². The molecule has 1 unspecified atom stereocenters. The van der Waals surface area contributed by atoms with E-state index in [0.717, 1.165) is 19.1 Å². The first-order chi connectivity index (χ1) is 6.91. The zero-order valence-electron chi connectivity index (χ0n) is 7.93. The lowest BCUT2D eigenvalue weighted by Crippen LogP contribution is -2.05. The van der Waals surface area contributed by atoms with E-state index < -0.39 is 30.2 Å².